The number of benzene rings is 10. The molecule has 0 unspecified atom stereocenters. The number of fused-ring (bicyclic) bond motifs is 9. The Morgan fingerprint density at radius 1 is 0.290 bits per heavy atom. The van der Waals surface area contributed by atoms with E-state index in [1.165, 1.54) is 21.9 Å². The van der Waals surface area contributed by atoms with Crippen LogP contribution >= 0.6 is 0 Å². The van der Waals surface area contributed by atoms with Crippen LogP contribution in [0.25, 0.3) is 139 Å². The Labute approximate surface area is 396 Å². The molecule has 10 aromatic carbocycles. The Hall–Kier alpha value is -9.39. The predicted molar refractivity (Wildman–Crippen MR) is 281 cm³/mol. The summed E-state index contributed by atoms with van der Waals surface area (Å²) in [5.74, 6) is 1.84. The van der Waals surface area contributed by atoms with Gasteiger partial charge in [-0.3, -0.25) is 0 Å². The number of furan rings is 2. The van der Waals surface area contributed by atoms with Crippen molar-refractivity contribution >= 4 is 65.7 Å². The van der Waals surface area contributed by atoms with Gasteiger partial charge in [-0.25, -0.2) is 15.0 Å². The highest BCUT2D eigenvalue weighted by atomic mass is 16.3. The molecule has 0 bridgehead atoms. The van der Waals surface area contributed by atoms with E-state index in [1.807, 2.05) is 78.9 Å². The van der Waals surface area contributed by atoms with E-state index in [1.54, 1.807) is 0 Å². The van der Waals surface area contributed by atoms with E-state index in [2.05, 4.69) is 156 Å². The summed E-state index contributed by atoms with van der Waals surface area (Å²) in [4.78, 5) is 15.1. The molecule has 322 valence electrons. The lowest BCUT2D eigenvalue weighted by molar-refractivity contribution is 0.665. The molecule has 14 aromatic rings. The summed E-state index contributed by atoms with van der Waals surface area (Å²) >= 11 is 0. The second-order valence-corrected chi connectivity index (χ2v) is 17.5. The summed E-state index contributed by atoms with van der Waals surface area (Å²) in [6.07, 6.45) is 0. The first kappa shape index (κ1) is 38.8. The van der Waals surface area contributed by atoms with Crippen molar-refractivity contribution in [3.05, 3.63) is 231 Å². The van der Waals surface area contributed by atoms with Crippen LogP contribution in [-0.4, -0.2) is 19.5 Å². The van der Waals surface area contributed by atoms with Crippen molar-refractivity contribution in [2.24, 2.45) is 0 Å². The van der Waals surface area contributed by atoms with E-state index in [4.69, 9.17) is 23.8 Å². The molecule has 0 aliphatic rings. The zero-order valence-electron chi connectivity index (χ0n) is 37.0. The van der Waals surface area contributed by atoms with Crippen molar-refractivity contribution in [3.8, 4) is 73.2 Å². The summed E-state index contributed by atoms with van der Waals surface area (Å²) in [7, 11) is 0. The minimum absolute atomic E-state index is 0.599. The van der Waals surface area contributed by atoms with Gasteiger partial charge in [0.1, 0.15) is 22.3 Å². The van der Waals surface area contributed by atoms with Crippen LogP contribution in [-0.2, 0) is 0 Å². The van der Waals surface area contributed by atoms with Crippen LogP contribution in [0.3, 0.4) is 0 Å². The highest BCUT2D eigenvalue weighted by Gasteiger charge is 2.25. The van der Waals surface area contributed by atoms with E-state index >= 15 is 0 Å². The minimum atomic E-state index is 0.599. The summed E-state index contributed by atoms with van der Waals surface area (Å²) in [5, 5.41) is 6.55. The van der Waals surface area contributed by atoms with Gasteiger partial charge in [-0.05, 0) is 76.9 Å². The molecule has 0 amide bonds. The first-order valence-electron chi connectivity index (χ1n) is 23.2. The van der Waals surface area contributed by atoms with Crippen LogP contribution in [0, 0.1) is 0 Å². The molecule has 0 N–H and O–H groups in total. The van der Waals surface area contributed by atoms with Crippen LogP contribution in [0.2, 0.25) is 0 Å². The van der Waals surface area contributed by atoms with Crippen LogP contribution in [0.4, 0.5) is 0 Å². The second kappa shape index (κ2) is 15.6. The molecule has 0 aliphatic heterocycles. The van der Waals surface area contributed by atoms with Crippen LogP contribution < -0.4 is 0 Å². The molecule has 0 aliphatic carbocycles. The maximum atomic E-state index is 6.99. The Morgan fingerprint density at radius 2 is 0.768 bits per heavy atom. The summed E-state index contributed by atoms with van der Waals surface area (Å²) in [6.45, 7) is 0. The zero-order valence-corrected chi connectivity index (χ0v) is 37.0. The smallest absolute Gasteiger partial charge is 0.164 e. The molecular formula is C63H38N4O2. The van der Waals surface area contributed by atoms with E-state index in [-0.39, 0.29) is 0 Å². The molecule has 6 nitrogen and oxygen atoms in total. The van der Waals surface area contributed by atoms with Crippen molar-refractivity contribution in [1.29, 1.82) is 0 Å². The van der Waals surface area contributed by atoms with Gasteiger partial charge in [0.2, 0.25) is 0 Å². The number of hydrogen-bond acceptors (Lipinski definition) is 5. The highest BCUT2D eigenvalue weighted by molar-refractivity contribution is 6.21. The van der Waals surface area contributed by atoms with Gasteiger partial charge in [0.25, 0.3) is 0 Å². The largest absolute Gasteiger partial charge is 0.455 e. The van der Waals surface area contributed by atoms with Crippen molar-refractivity contribution in [1.82, 2.24) is 19.5 Å². The third-order valence-electron chi connectivity index (χ3n) is 13.5. The van der Waals surface area contributed by atoms with Crippen LogP contribution in [0.5, 0.6) is 0 Å². The third kappa shape index (κ3) is 6.30. The van der Waals surface area contributed by atoms with Crippen molar-refractivity contribution in [3.63, 3.8) is 0 Å². The Balaban J connectivity index is 0.961. The average Bonchev–Trinajstić information content (AvgIpc) is 4.12. The quantitative estimate of drug-likeness (QED) is 0.159. The number of hydrogen-bond donors (Lipinski definition) is 0. The molecule has 0 saturated heterocycles. The Bertz CT molecular complexity index is 4250. The van der Waals surface area contributed by atoms with E-state index < -0.39 is 0 Å². The fourth-order valence-corrected chi connectivity index (χ4v) is 10.3. The number of nitrogens with zero attached hydrogens (tertiary/aromatic N) is 4. The fraction of sp³-hybridized carbons (Fsp3) is 0. The van der Waals surface area contributed by atoms with Gasteiger partial charge < -0.3 is 13.4 Å². The van der Waals surface area contributed by atoms with Crippen LogP contribution in [0.15, 0.2) is 239 Å². The molecule has 0 spiro atoms. The van der Waals surface area contributed by atoms with Gasteiger partial charge in [-0.1, -0.05) is 176 Å². The van der Waals surface area contributed by atoms with Gasteiger partial charge in [0.15, 0.2) is 17.5 Å². The lowest BCUT2D eigenvalue weighted by Gasteiger charge is -2.14. The van der Waals surface area contributed by atoms with Gasteiger partial charge in [0.05, 0.1) is 22.1 Å². The SMILES string of the molecule is c1ccc(-c2ccc3c(c2)c2ccccc2n3-c2ccc(-c3ccc(-c4cccc(-c5nc(-c6ccccc6)nc(-c6ccccc6)n5)c4)c4c3oc3ccccc34)c3oc4ccccc4c23)cc1. The minimum Gasteiger partial charge on any atom is -0.455 e. The summed E-state index contributed by atoms with van der Waals surface area (Å²) in [5.41, 5.74) is 15.6. The molecule has 0 radical (unpaired) electrons. The monoisotopic (exact) mass is 882 g/mol. The third-order valence-corrected chi connectivity index (χ3v) is 13.5. The topological polar surface area (TPSA) is 69.9 Å². The molecule has 14 rings (SSSR count). The number of rotatable bonds is 7. The van der Waals surface area contributed by atoms with Gasteiger partial charge in [0, 0.05) is 54.7 Å². The number of para-hydroxylation sites is 3. The van der Waals surface area contributed by atoms with E-state index in [0.717, 1.165) is 99.5 Å². The van der Waals surface area contributed by atoms with Crippen molar-refractivity contribution in [2.75, 3.05) is 0 Å². The maximum absolute atomic E-state index is 6.99. The lowest BCUT2D eigenvalue weighted by atomic mass is 9.93. The van der Waals surface area contributed by atoms with E-state index in [0.29, 0.717) is 17.5 Å². The highest BCUT2D eigenvalue weighted by Crippen LogP contribution is 2.47. The molecule has 0 atom stereocenters. The van der Waals surface area contributed by atoms with Crippen molar-refractivity contribution < 1.29 is 8.83 Å². The first-order chi connectivity index (χ1) is 34.2. The molecule has 4 aromatic heterocycles. The lowest BCUT2D eigenvalue weighted by Crippen LogP contribution is -2.00. The zero-order chi connectivity index (χ0) is 45.4. The molecule has 4 heterocycles. The first-order valence-corrected chi connectivity index (χ1v) is 23.2. The van der Waals surface area contributed by atoms with Gasteiger partial charge in [-0.2, -0.15) is 0 Å². The van der Waals surface area contributed by atoms with Gasteiger partial charge in [-0.15, -0.1) is 0 Å². The van der Waals surface area contributed by atoms with Gasteiger partial charge >= 0.3 is 0 Å². The molecule has 69 heavy (non-hydrogen) atoms. The Kier molecular flexibility index (Phi) is 8.79. The summed E-state index contributed by atoms with van der Waals surface area (Å²) in [6, 6.07) is 80.3. The Morgan fingerprint density at radius 3 is 1.43 bits per heavy atom. The fourth-order valence-electron chi connectivity index (χ4n) is 10.3. The second-order valence-electron chi connectivity index (χ2n) is 17.5. The maximum Gasteiger partial charge on any atom is 0.164 e. The normalized spacial score (nSPS) is 11.8. The molecule has 6 heteroatoms. The molecular weight excluding hydrogens is 845 g/mol. The van der Waals surface area contributed by atoms with Crippen molar-refractivity contribution in [2.45, 2.75) is 0 Å². The predicted octanol–water partition coefficient (Wildman–Crippen LogP) is 16.8. The number of aromatic nitrogens is 4. The van der Waals surface area contributed by atoms with E-state index in [9.17, 15) is 0 Å². The molecule has 0 fully saturated rings. The average molecular weight is 883 g/mol. The molecule has 0 saturated carbocycles. The summed E-state index contributed by atoms with van der Waals surface area (Å²) < 4.78 is 16.3. The van der Waals surface area contributed by atoms with Crippen LogP contribution in [0.1, 0.15) is 0 Å². The standard InChI is InChI=1S/C63H38N4O2/c1-4-17-39(18-5-1)42-31-35-53-51(38-42)46-25-10-13-28-52(46)67(53)54-36-34-48(60-58(54)50-27-12-15-30-56(50)69-60)47-33-32-45(57-49-26-11-14-29-55(49)68-59(47)57)43-23-16-24-44(37-43)63-65-61(40-19-6-2-7-20-40)64-62(66-63)41-21-8-3-9-22-41/h1-38H.